The Labute approximate surface area is 239 Å². The molecule has 0 unspecified atom stereocenters. The third-order valence-electron chi connectivity index (χ3n) is 6.87. The van der Waals surface area contributed by atoms with Crippen molar-refractivity contribution in [2.24, 2.45) is 0 Å². The molecule has 0 radical (unpaired) electrons. The number of ether oxygens (including phenoxy) is 1. The number of nitrogens with zero attached hydrogens (tertiary/aromatic N) is 3. The van der Waals surface area contributed by atoms with E-state index >= 15 is 0 Å². The van der Waals surface area contributed by atoms with Crippen molar-refractivity contribution in [2.75, 3.05) is 0 Å². The number of alkyl halides is 3. The second-order valence-electron chi connectivity index (χ2n) is 9.59. The van der Waals surface area contributed by atoms with Gasteiger partial charge < -0.3 is 4.74 Å². The maximum atomic E-state index is 14.6. The second-order valence-corrected chi connectivity index (χ2v) is 10.0. The Hall–Kier alpha value is -4.62. The number of fused-ring (bicyclic) bond motifs is 1. The lowest BCUT2D eigenvalue weighted by Gasteiger charge is -2.13. The van der Waals surface area contributed by atoms with E-state index < -0.39 is 11.7 Å². The third-order valence-corrected chi connectivity index (χ3v) is 7.12. The van der Waals surface area contributed by atoms with Crippen LogP contribution in [0.1, 0.15) is 16.7 Å². The topological polar surface area (TPSA) is 39.9 Å². The van der Waals surface area contributed by atoms with Crippen molar-refractivity contribution in [1.29, 1.82) is 0 Å². The second kappa shape index (κ2) is 10.7. The molecule has 0 saturated heterocycles. The van der Waals surface area contributed by atoms with Gasteiger partial charge in [0.15, 0.2) is 5.65 Å². The highest BCUT2D eigenvalue weighted by Crippen LogP contribution is 2.42. The highest BCUT2D eigenvalue weighted by molar-refractivity contribution is 6.30. The third kappa shape index (κ3) is 5.41. The molecule has 2 aromatic heterocycles. The Bertz CT molecular complexity index is 1830. The lowest BCUT2D eigenvalue weighted by Crippen LogP contribution is -2.08. The number of hydrogen-bond acceptors (Lipinski definition) is 3. The van der Waals surface area contributed by atoms with E-state index in [1.54, 1.807) is 72.8 Å². The maximum absolute atomic E-state index is 14.6. The molecule has 204 valence electrons. The molecule has 0 aliphatic heterocycles. The number of benzene rings is 4. The fourth-order valence-electron chi connectivity index (χ4n) is 4.70. The molecule has 0 amide bonds. The molecule has 0 bridgehead atoms. The van der Waals surface area contributed by atoms with Gasteiger partial charge in [0.1, 0.15) is 18.1 Å². The van der Waals surface area contributed by atoms with Gasteiger partial charge in [-0.1, -0.05) is 66.2 Å². The van der Waals surface area contributed by atoms with Crippen LogP contribution in [0, 0.1) is 6.92 Å². The first-order chi connectivity index (χ1) is 19.8. The first kappa shape index (κ1) is 26.6. The van der Waals surface area contributed by atoms with Crippen LogP contribution in [0.15, 0.2) is 109 Å². The molecule has 4 aromatic carbocycles. The summed E-state index contributed by atoms with van der Waals surface area (Å²) in [5.74, 6) is 0.605. The molecule has 41 heavy (non-hydrogen) atoms. The Kier molecular flexibility index (Phi) is 6.97. The van der Waals surface area contributed by atoms with Crippen LogP contribution in [0.2, 0.25) is 5.02 Å². The molecule has 2 heterocycles. The molecule has 0 saturated carbocycles. The van der Waals surface area contributed by atoms with Gasteiger partial charge in [-0.15, -0.1) is 0 Å². The van der Waals surface area contributed by atoms with Gasteiger partial charge in [0.05, 0.1) is 22.3 Å². The highest BCUT2D eigenvalue weighted by Gasteiger charge is 2.36. The zero-order chi connectivity index (χ0) is 28.6. The largest absolute Gasteiger partial charge is 0.489 e. The van der Waals surface area contributed by atoms with Crippen LogP contribution in [0.5, 0.6) is 5.75 Å². The zero-order valence-corrected chi connectivity index (χ0v) is 22.6. The smallest absolute Gasteiger partial charge is 0.417 e. The summed E-state index contributed by atoms with van der Waals surface area (Å²) in [7, 11) is 0. The highest BCUT2D eigenvalue weighted by atomic mass is 35.5. The fraction of sp³-hybridized carbons (Fsp3) is 0.0909. The van der Waals surface area contributed by atoms with E-state index in [0.717, 1.165) is 17.2 Å². The Morgan fingerprint density at radius 2 is 1.46 bits per heavy atom. The lowest BCUT2D eigenvalue weighted by molar-refractivity contribution is -0.136. The molecule has 0 aliphatic rings. The van der Waals surface area contributed by atoms with Crippen molar-refractivity contribution in [1.82, 2.24) is 14.8 Å². The number of aromatic nitrogens is 3. The SMILES string of the molecule is Cc1ccccc1COc1ccc(-c2cc(C(F)(F)F)c3c(-c4ccc(Cl)cc4)nn(-c4ccccc4)c3n2)cc1. The van der Waals surface area contributed by atoms with Gasteiger partial charge in [-0.25, -0.2) is 9.67 Å². The molecule has 0 atom stereocenters. The molecule has 0 fully saturated rings. The van der Waals surface area contributed by atoms with Gasteiger partial charge in [0.25, 0.3) is 0 Å². The van der Waals surface area contributed by atoms with Crippen LogP contribution in [-0.4, -0.2) is 14.8 Å². The summed E-state index contributed by atoms with van der Waals surface area (Å²) >= 11 is 6.05. The predicted octanol–water partition coefficient (Wildman–Crippen LogP) is 9.31. The van der Waals surface area contributed by atoms with Gasteiger partial charge >= 0.3 is 6.18 Å². The molecule has 0 aliphatic carbocycles. The van der Waals surface area contributed by atoms with Crippen molar-refractivity contribution in [3.8, 4) is 34.0 Å². The quantitative estimate of drug-likeness (QED) is 0.201. The summed E-state index contributed by atoms with van der Waals surface area (Å²) in [5.41, 5.74) is 3.44. The van der Waals surface area contributed by atoms with E-state index in [2.05, 4.69) is 5.10 Å². The fourth-order valence-corrected chi connectivity index (χ4v) is 4.83. The maximum Gasteiger partial charge on any atom is 0.417 e. The van der Waals surface area contributed by atoms with Crippen LogP contribution in [-0.2, 0) is 12.8 Å². The first-order valence-corrected chi connectivity index (χ1v) is 13.3. The van der Waals surface area contributed by atoms with E-state index in [9.17, 15) is 13.2 Å². The minimum atomic E-state index is -4.65. The average Bonchev–Trinajstić information content (AvgIpc) is 3.36. The predicted molar refractivity (Wildman–Crippen MR) is 155 cm³/mol. The van der Waals surface area contributed by atoms with Crippen LogP contribution < -0.4 is 4.74 Å². The number of pyridine rings is 1. The van der Waals surface area contributed by atoms with E-state index in [-0.39, 0.29) is 22.4 Å². The van der Waals surface area contributed by atoms with Crippen LogP contribution in [0.4, 0.5) is 13.2 Å². The standard InChI is InChI=1S/C33H23ClF3N3O/c1-21-7-5-6-8-24(21)20-41-27-17-13-22(14-18-27)29-19-28(33(35,36)37)30-31(23-11-15-25(34)16-12-23)39-40(32(30)38-29)26-9-3-2-4-10-26/h2-19H,20H2,1H3. The van der Waals surface area contributed by atoms with Crippen molar-refractivity contribution in [3.63, 3.8) is 0 Å². The lowest BCUT2D eigenvalue weighted by atomic mass is 10.0. The van der Waals surface area contributed by atoms with E-state index in [4.69, 9.17) is 21.3 Å². The van der Waals surface area contributed by atoms with Crippen molar-refractivity contribution >= 4 is 22.6 Å². The van der Waals surface area contributed by atoms with E-state index in [1.165, 1.54) is 4.68 Å². The molecule has 0 N–H and O–H groups in total. The van der Waals surface area contributed by atoms with Gasteiger partial charge in [-0.3, -0.25) is 0 Å². The van der Waals surface area contributed by atoms with E-state index in [1.807, 2.05) is 37.3 Å². The van der Waals surface area contributed by atoms with Crippen molar-refractivity contribution < 1.29 is 17.9 Å². The van der Waals surface area contributed by atoms with Gasteiger partial charge in [0.2, 0.25) is 0 Å². The van der Waals surface area contributed by atoms with Crippen molar-refractivity contribution in [2.45, 2.75) is 19.7 Å². The number of hydrogen-bond donors (Lipinski definition) is 0. The number of rotatable bonds is 6. The van der Waals surface area contributed by atoms with Gasteiger partial charge in [0, 0.05) is 16.1 Å². The monoisotopic (exact) mass is 569 g/mol. The van der Waals surface area contributed by atoms with E-state index in [0.29, 0.717) is 34.2 Å². The van der Waals surface area contributed by atoms with Crippen LogP contribution >= 0.6 is 11.6 Å². The number of aryl methyl sites for hydroxylation is 1. The minimum Gasteiger partial charge on any atom is -0.489 e. The molecule has 4 nitrogen and oxygen atoms in total. The number of halogens is 4. The summed E-state index contributed by atoms with van der Waals surface area (Å²) in [6.07, 6.45) is -4.65. The van der Waals surface area contributed by atoms with Crippen LogP contribution in [0.3, 0.4) is 0 Å². The van der Waals surface area contributed by atoms with Crippen LogP contribution in [0.25, 0.3) is 39.2 Å². The molecular formula is C33H23ClF3N3O. The Morgan fingerprint density at radius 1 is 0.805 bits per heavy atom. The Balaban J connectivity index is 1.47. The first-order valence-electron chi connectivity index (χ1n) is 12.9. The summed E-state index contributed by atoms with van der Waals surface area (Å²) in [6.45, 7) is 2.40. The summed E-state index contributed by atoms with van der Waals surface area (Å²) in [6, 6.07) is 31.5. The average molecular weight is 570 g/mol. The summed E-state index contributed by atoms with van der Waals surface area (Å²) in [4.78, 5) is 4.73. The van der Waals surface area contributed by atoms with Gasteiger partial charge in [-0.05, 0) is 72.6 Å². The molecule has 0 spiro atoms. The van der Waals surface area contributed by atoms with Crippen molar-refractivity contribution in [3.05, 3.63) is 131 Å². The summed E-state index contributed by atoms with van der Waals surface area (Å²) < 4.78 is 51.3. The zero-order valence-electron chi connectivity index (χ0n) is 21.9. The molecular weight excluding hydrogens is 547 g/mol. The number of para-hydroxylation sites is 1. The molecule has 6 rings (SSSR count). The molecule has 8 heteroatoms. The minimum absolute atomic E-state index is 0.0781. The Morgan fingerprint density at radius 3 is 2.15 bits per heavy atom. The summed E-state index contributed by atoms with van der Waals surface area (Å²) in [5, 5.41) is 5.03. The normalized spacial score (nSPS) is 11.6. The molecule has 6 aromatic rings. The van der Waals surface area contributed by atoms with Gasteiger partial charge in [-0.2, -0.15) is 18.3 Å².